The zero-order valence-electron chi connectivity index (χ0n) is 7.97. The van der Waals surface area contributed by atoms with Gasteiger partial charge in [-0.25, -0.2) is 4.98 Å². The zero-order chi connectivity index (χ0) is 11.0. The third kappa shape index (κ3) is 1.42. The van der Waals surface area contributed by atoms with Crippen LogP contribution in [0.2, 0.25) is 0 Å². The summed E-state index contributed by atoms with van der Waals surface area (Å²) in [6.45, 7) is 0.289. The second-order valence-corrected chi connectivity index (χ2v) is 3.56. The Bertz CT molecular complexity index is 457. The van der Waals surface area contributed by atoms with Crippen LogP contribution >= 0.6 is 0 Å². The first-order valence-corrected chi connectivity index (χ1v) is 4.61. The molecule has 1 aliphatic rings. The zero-order valence-corrected chi connectivity index (χ0v) is 7.97. The van der Waals surface area contributed by atoms with Crippen LogP contribution in [0.5, 0.6) is 0 Å². The molecule has 0 saturated carbocycles. The van der Waals surface area contributed by atoms with E-state index in [1.54, 1.807) is 4.57 Å². The van der Waals surface area contributed by atoms with Gasteiger partial charge in [-0.15, -0.1) is 0 Å². The molecule has 2 rings (SSSR count). The van der Waals surface area contributed by atoms with E-state index >= 15 is 0 Å². The van der Waals surface area contributed by atoms with Gasteiger partial charge in [0.2, 0.25) is 0 Å². The number of rotatable bonds is 1. The van der Waals surface area contributed by atoms with Gasteiger partial charge in [-0.1, -0.05) is 0 Å². The standard InChI is InChI=1S/C9H10N4O2/c10-3-6-8(11)12-7-2-1-5(9(14)15)4-13(6)7/h5H,1-2,4,11H2,(H,14,15). The monoisotopic (exact) mass is 206 g/mol. The van der Waals surface area contributed by atoms with Crippen LogP contribution in [0.25, 0.3) is 0 Å². The lowest BCUT2D eigenvalue weighted by Crippen LogP contribution is -2.27. The maximum atomic E-state index is 10.8. The number of aromatic nitrogens is 2. The van der Waals surface area contributed by atoms with Crippen LogP contribution in [0.15, 0.2) is 0 Å². The highest BCUT2D eigenvalue weighted by Gasteiger charge is 2.27. The molecule has 0 aromatic carbocycles. The number of hydrogen-bond acceptors (Lipinski definition) is 4. The third-order valence-electron chi connectivity index (χ3n) is 2.65. The first-order valence-electron chi connectivity index (χ1n) is 4.61. The summed E-state index contributed by atoms with van der Waals surface area (Å²) in [6.07, 6.45) is 1.11. The molecule has 0 amide bonds. The van der Waals surface area contributed by atoms with Crippen LogP contribution in [0.4, 0.5) is 5.82 Å². The minimum absolute atomic E-state index is 0.193. The van der Waals surface area contributed by atoms with Crippen molar-refractivity contribution < 1.29 is 9.90 Å². The number of carbonyl (C=O) groups is 1. The Morgan fingerprint density at radius 3 is 3.07 bits per heavy atom. The molecule has 1 aromatic heterocycles. The van der Waals surface area contributed by atoms with E-state index in [2.05, 4.69) is 4.98 Å². The first-order chi connectivity index (χ1) is 7.13. The van der Waals surface area contributed by atoms with Crippen LogP contribution in [-0.2, 0) is 17.8 Å². The molecule has 2 heterocycles. The van der Waals surface area contributed by atoms with Crippen molar-refractivity contribution in [2.24, 2.45) is 5.92 Å². The molecule has 0 spiro atoms. The fourth-order valence-corrected chi connectivity index (χ4v) is 1.84. The molecule has 6 heteroatoms. The van der Waals surface area contributed by atoms with Gasteiger partial charge < -0.3 is 15.4 Å². The number of anilines is 1. The molecular weight excluding hydrogens is 196 g/mol. The summed E-state index contributed by atoms with van der Waals surface area (Å²) in [6, 6.07) is 1.95. The molecule has 6 nitrogen and oxygen atoms in total. The van der Waals surface area contributed by atoms with E-state index in [0.29, 0.717) is 18.7 Å². The fraction of sp³-hybridized carbons (Fsp3) is 0.444. The second kappa shape index (κ2) is 3.28. The molecular formula is C9H10N4O2. The number of imidazole rings is 1. The molecule has 0 aliphatic carbocycles. The summed E-state index contributed by atoms with van der Waals surface area (Å²) in [5.41, 5.74) is 5.83. The summed E-state index contributed by atoms with van der Waals surface area (Å²) in [5.74, 6) is -0.380. The number of nitriles is 1. The van der Waals surface area contributed by atoms with Crippen molar-refractivity contribution in [1.29, 1.82) is 5.26 Å². The Hall–Kier alpha value is -2.03. The van der Waals surface area contributed by atoms with Crippen LogP contribution in [-0.4, -0.2) is 20.6 Å². The van der Waals surface area contributed by atoms with Gasteiger partial charge in [0.05, 0.1) is 5.92 Å². The van der Waals surface area contributed by atoms with Crippen LogP contribution in [0.1, 0.15) is 17.9 Å². The van der Waals surface area contributed by atoms with E-state index in [4.69, 9.17) is 16.1 Å². The maximum absolute atomic E-state index is 10.8. The predicted octanol–water partition coefficient (Wildman–Crippen LogP) is -0.0160. The molecule has 1 aromatic rings. The van der Waals surface area contributed by atoms with Gasteiger partial charge in [-0.3, -0.25) is 4.79 Å². The average molecular weight is 206 g/mol. The van der Waals surface area contributed by atoms with E-state index < -0.39 is 11.9 Å². The second-order valence-electron chi connectivity index (χ2n) is 3.56. The number of carboxylic acid groups (broad SMARTS) is 1. The maximum Gasteiger partial charge on any atom is 0.308 e. The molecule has 0 bridgehead atoms. The normalized spacial score (nSPS) is 19.3. The topological polar surface area (TPSA) is 105 Å². The van der Waals surface area contributed by atoms with Gasteiger partial charge in [0.25, 0.3) is 0 Å². The van der Waals surface area contributed by atoms with Crippen LogP contribution in [0, 0.1) is 17.2 Å². The highest BCUT2D eigenvalue weighted by Crippen LogP contribution is 2.24. The van der Waals surface area contributed by atoms with Crippen LogP contribution < -0.4 is 5.73 Å². The largest absolute Gasteiger partial charge is 0.481 e. The van der Waals surface area contributed by atoms with E-state index in [9.17, 15) is 4.79 Å². The summed E-state index contributed by atoms with van der Waals surface area (Å²) < 4.78 is 1.61. The Morgan fingerprint density at radius 2 is 2.47 bits per heavy atom. The number of aryl methyl sites for hydroxylation is 1. The highest BCUT2D eigenvalue weighted by atomic mass is 16.4. The minimum atomic E-state index is -0.836. The van der Waals surface area contributed by atoms with Gasteiger partial charge in [0.1, 0.15) is 11.9 Å². The molecule has 0 saturated heterocycles. The van der Waals surface area contributed by atoms with Gasteiger partial charge in [0, 0.05) is 13.0 Å². The molecule has 1 atom stereocenters. The number of fused-ring (bicyclic) bond motifs is 1. The summed E-state index contributed by atoms with van der Waals surface area (Å²) in [4.78, 5) is 14.9. The minimum Gasteiger partial charge on any atom is -0.481 e. The fourth-order valence-electron chi connectivity index (χ4n) is 1.84. The number of nitrogens with two attached hydrogens (primary N) is 1. The van der Waals surface area contributed by atoms with Crippen LogP contribution in [0.3, 0.4) is 0 Å². The SMILES string of the molecule is N#Cc1c(N)nc2n1CC(C(=O)O)CC2. The lowest BCUT2D eigenvalue weighted by atomic mass is 10.00. The van der Waals surface area contributed by atoms with E-state index in [-0.39, 0.29) is 18.1 Å². The Labute approximate surface area is 85.9 Å². The smallest absolute Gasteiger partial charge is 0.308 e. The molecule has 3 N–H and O–H groups in total. The third-order valence-corrected chi connectivity index (χ3v) is 2.65. The van der Waals surface area contributed by atoms with Gasteiger partial charge in [-0.2, -0.15) is 5.26 Å². The van der Waals surface area contributed by atoms with Crippen molar-refractivity contribution in [3.05, 3.63) is 11.5 Å². The quantitative estimate of drug-likeness (QED) is 0.672. The lowest BCUT2D eigenvalue weighted by Gasteiger charge is -2.20. The van der Waals surface area contributed by atoms with Crippen molar-refractivity contribution >= 4 is 11.8 Å². The van der Waals surface area contributed by atoms with Crippen molar-refractivity contribution in [1.82, 2.24) is 9.55 Å². The number of nitrogens with zero attached hydrogens (tertiary/aromatic N) is 3. The summed E-state index contributed by atoms with van der Waals surface area (Å²) in [5, 5.41) is 17.7. The molecule has 0 fully saturated rings. The highest BCUT2D eigenvalue weighted by molar-refractivity contribution is 5.70. The molecule has 15 heavy (non-hydrogen) atoms. The Balaban J connectivity index is 2.40. The molecule has 1 aliphatic heterocycles. The number of carboxylic acids is 1. The number of nitrogen functional groups attached to an aromatic ring is 1. The van der Waals surface area contributed by atoms with Gasteiger partial charge >= 0.3 is 5.97 Å². The lowest BCUT2D eigenvalue weighted by molar-refractivity contribution is -0.142. The summed E-state index contributed by atoms with van der Waals surface area (Å²) >= 11 is 0. The van der Waals surface area contributed by atoms with E-state index in [1.807, 2.05) is 6.07 Å². The summed E-state index contributed by atoms with van der Waals surface area (Å²) in [7, 11) is 0. The predicted molar refractivity (Wildman–Crippen MR) is 50.8 cm³/mol. The number of hydrogen-bond donors (Lipinski definition) is 2. The molecule has 0 radical (unpaired) electrons. The number of aliphatic carboxylic acids is 1. The molecule has 1 unspecified atom stereocenters. The molecule has 78 valence electrons. The van der Waals surface area contributed by atoms with Gasteiger partial charge in [-0.05, 0) is 6.42 Å². The van der Waals surface area contributed by atoms with E-state index in [1.165, 1.54) is 0 Å². The Morgan fingerprint density at radius 1 is 1.73 bits per heavy atom. The van der Waals surface area contributed by atoms with Crippen molar-refractivity contribution in [3.8, 4) is 6.07 Å². The van der Waals surface area contributed by atoms with Crippen molar-refractivity contribution in [3.63, 3.8) is 0 Å². The average Bonchev–Trinajstić information content (AvgIpc) is 2.51. The van der Waals surface area contributed by atoms with E-state index in [0.717, 1.165) is 0 Å². The Kier molecular flexibility index (Phi) is 2.08. The van der Waals surface area contributed by atoms with Crippen molar-refractivity contribution in [2.45, 2.75) is 19.4 Å². The first kappa shape index (κ1) is 9.52. The van der Waals surface area contributed by atoms with Crippen molar-refractivity contribution in [2.75, 3.05) is 5.73 Å². The van der Waals surface area contributed by atoms with Gasteiger partial charge in [0.15, 0.2) is 11.5 Å².